The van der Waals surface area contributed by atoms with Crippen molar-refractivity contribution >= 4 is 16.9 Å². The molecule has 3 aromatic rings. The van der Waals surface area contributed by atoms with Crippen LogP contribution in [0.1, 0.15) is 15.9 Å². The van der Waals surface area contributed by atoms with Crippen molar-refractivity contribution in [3.63, 3.8) is 0 Å². The number of fused-ring (bicyclic) bond motifs is 1. The molecule has 1 heterocycles. The normalized spacial score (nSPS) is 10.4. The van der Waals surface area contributed by atoms with Crippen LogP contribution >= 0.6 is 0 Å². The van der Waals surface area contributed by atoms with E-state index in [1.54, 1.807) is 18.3 Å². The van der Waals surface area contributed by atoms with Crippen molar-refractivity contribution in [2.45, 2.75) is 6.92 Å². The molecular formula is C17H13NO2. The summed E-state index contributed by atoms with van der Waals surface area (Å²) in [6, 6.07) is 16.7. The maximum Gasteiger partial charge on any atom is 0.346 e. The van der Waals surface area contributed by atoms with E-state index in [1.807, 2.05) is 49.4 Å². The van der Waals surface area contributed by atoms with Gasteiger partial charge in [-0.15, -0.1) is 0 Å². The predicted molar refractivity (Wildman–Crippen MR) is 77.9 cm³/mol. The van der Waals surface area contributed by atoms with E-state index in [1.165, 1.54) is 0 Å². The number of hydrogen-bond acceptors (Lipinski definition) is 3. The largest absolute Gasteiger partial charge is 0.423 e. The first-order chi connectivity index (χ1) is 9.75. The van der Waals surface area contributed by atoms with Crippen molar-refractivity contribution in [1.82, 2.24) is 4.98 Å². The SMILES string of the molecule is Cc1ccc2cccnc2c1C(=O)Oc1ccccc1. The molecule has 0 bridgehead atoms. The van der Waals surface area contributed by atoms with Gasteiger partial charge in [0.05, 0.1) is 11.1 Å². The van der Waals surface area contributed by atoms with Gasteiger partial charge in [0.1, 0.15) is 5.75 Å². The number of benzene rings is 2. The van der Waals surface area contributed by atoms with Crippen LogP contribution in [0.25, 0.3) is 10.9 Å². The number of para-hydroxylation sites is 1. The van der Waals surface area contributed by atoms with Gasteiger partial charge in [-0.05, 0) is 30.7 Å². The van der Waals surface area contributed by atoms with Gasteiger partial charge in [0.2, 0.25) is 0 Å². The minimum atomic E-state index is -0.377. The Labute approximate surface area is 116 Å². The van der Waals surface area contributed by atoms with Gasteiger partial charge in [0.15, 0.2) is 0 Å². The van der Waals surface area contributed by atoms with Gasteiger partial charge in [-0.2, -0.15) is 0 Å². The molecule has 3 nitrogen and oxygen atoms in total. The van der Waals surface area contributed by atoms with E-state index in [2.05, 4.69) is 4.98 Å². The fourth-order valence-electron chi connectivity index (χ4n) is 2.15. The number of esters is 1. The summed E-state index contributed by atoms with van der Waals surface area (Å²) in [6.45, 7) is 1.88. The zero-order chi connectivity index (χ0) is 13.9. The van der Waals surface area contributed by atoms with E-state index in [9.17, 15) is 4.79 Å². The number of rotatable bonds is 2. The van der Waals surface area contributed by atoms with Crippen LogP contribution in [0.15, 0.2) is 60.8 Å². The molecule has 1 aromatic heterocycles. The average molecular weight is 263 g/mol. The molecule has 0 unspecified atom stereocenters. The maximum atomic E-state index is 12.4. The average Bonchev–Trinajstić information content (AvgIpc) is 2.48. The van der Waals surface area contributed by atoms with Gasteiger partial charge in [0.25, 0.3) is 0 Å². The Morgan fingerprint density at radius 1 is 1.00 bits per heavy atom. The highest BCUT2D eigenvalue weighted by molar-refractivity contribution is 6.04. The van der Waals surface area contributed by atoms with Crippen LogP contribution in [0.5, 0.6) is 5.75 Å². The summed E-state index contributed by atoms with van der Waals surface area (Å²) < 4.78 is 5.41. The van der Waals surface area contributed by atoms with Crippen LogP contribution < -0.4 is 4.74 Å². The zero-order valence-electron chi connectivity index (χ0n) is 11.0. The van der Waals surface area contributed by atoms with Gasteiger partial charge in [-0.25, -0.2) is 4.79 Å². The lowest BCUT2D eigenvalue weighted by Crippen LogP contribution is -2.11. The van der Waals surface area contributed by atoms with Crippen LogP contribution in [-0.4, -0.2) is 11.0 Å². The summed E-state index contributed by atoms with van der Waals surface area (Å²) in [5.41, 5.74) is 2.05. The van der Waals surface area contributed by atoms with E-state index in [0.29, 0.717) is 16.8 Å². The van der Waals surface area contributed by atoms with Crippen molar-refractivity contribution in [3.05, 3.63) is 71.9 Å². The van der Waals surface area contributed by atoms with Crippen molar-refractivity contribution in [3.8, 4) is 5.75 Å². The summed E-state index contributed by atoms with van der Waals surface area (Å²) in [7, 11) is 0. The van der Waals surface area contributed by atoms with Gasteiger partial charge in [0, 0.05) is 11.6 Å². The third-order valence-corrected chi connectivity index (χ3v) is 3.14. The maximum absolute atomic E-state index is 12.4. The first-order valence-electron chi connectivity index (χ1n) is 6.37. The lowest BCUT2D eigenvalue weighted by molar-refractivity contribution is 0.0736. The quantitative estimate of drug-likeness (QED) is 0.522. The molecule has 0 aliphatic heterocycles. The van der Waals surface area contributed by atoms with Gasteiger partial charge >= 0.3 is 5.97 Å². The van der Waals surface area contributed by atoms with Crippen LogP contribution in [0.3, 0.4) is 0 Å². The molecule has 0 amide bonds. The number of carbonyl (C=O) groups is 1. The first kappa shape index (κ1) is 12.4. The molecule has 0 saturated carbocycles. The molecule has 0 atom stereocenters. The molecule has 3 heteroatoms. The summed E-state index contributed by atoms with van der Waals surface area (Å²) in [6.07, 6.45) is 1.68. The Kier molecular flexibility index (Phi) is 3.17. The van der Waals surface area contributed by atoms with Gasteiger partial charge < -0.3 is 4.74 Å². The van der Waals surface area contributed by atoms with Crippen LogP contribution in [0.4, 0.5) is 0 Å². The van der Waals surface area contributed by atoms with E-state index >= 15 is 0 Å². The zero-order valence-corrected chi connectivity index (χ0v) is 11.0. The number of pyridine rings is 1. The summed E-state index contributed by atoms with van der Waals surface area (Å²) in [4.78, 5) is 16.7. The van der Waals surface area contributed by atoms with E-state index < -0.39 is 0 Å². The highest BCUT2D eigenvalue weighted by Crippen LogP contribution is 2.22. The van der Waals surface area contributed by atoms with E-state index in [0.717, 1.165) is 10.9 Å². The Morgan fingerprint density at radius 3 is 2.60 bits per heavy atom. The monoisotopic (exact) mass is 263 g/mol. The van der Waals surface area contributed by atoms with Crippen molar-refractivity contribution < 1.29 is 9.53 Å². The van der Waals surface area contributed by atoms with Crippen molar-refractivity contribution in [1.29, 1.82) is 0 Å². The Bertz CT molecular complexity index is 766. The minimum Gasteiger partial charge on any atom is -0.423 e. The third kappa shape index (κ3) is 2.26. The number of ether oxygens (including phenoxy) is 1. The van der Waals surface area contributed by atoms with Crippen molar-refractivity contribution in [2.75, 3.05) is 0 Å². The molecule has 0 spiro atoms. The minimum absolute atomic E-state index is 0.377. The summed E-state index contributed by atoms with van der Waals surface area (Å²) in [5, 5.41) is 0.929. The van der Waals surface area contributed by atoms with E-state index in [4.69, 9.17) is 4.74 Å². The van der Waals surface area contributed by atoms with E-state index in [-0.39, 0.29) is 5.97 Å². The van der Waals surface area contributed by atoms with Crippen LogP contribution in [0.2, 0.25) is 0 Å². The molecule has 0 aliphatic rings. The smallest absolute Gasteiger partial charge is 0.346 e. The van der Waals surface area contributed by atoms with Crippen LogP contribution in [-0.2, 0) is 0 Å². The number of carbonyl (C=O) groups excluding carboxylic acids is 1. The standard InChI is InChI=1S/C17H13NO2/c1-12-9-10-13-6-5-11-18-16(13)15(12)17(19)20-14-7-3-2-4-8-14/h2-11H,1H3. The molecule has 20 heavy (non-hydrogen) atoms. The third-order valence-electron chi connectivity index (χ3n) is 3.14. The number of aromatic nitrogens is 1. The molecule has 3 rings (SSSR count). The second kappa shape index (κ2) is 5.13. The molecule has 98 valence electrons. The Hall–Kier alpha value is -2.68. The second-order valence-corrected chi connectivity index (χ2v) is 4.54. The fourth-order valence-corrected chi connectivity index (χ4v) is 2.15. The summed E-state index contributed by atoms with van der Waals surface area (Å²) >= 11 is 0. The lowest BCUT2D eigenvalue weighted by atomic mass is 10.0. The fraction of sp³-hybridized carbons (Fsp3) is 0.0588. The topological polar surface area (TPSA) is 39.2 Å². The molecule has 0 saturated heterocycles. The number of hydrogen-bond donors (Lipinski definition) is 0. The number of aryl methyl sites for hydroxylation is 1. The lowest BCUT2D eigenvalue weighted by Gasteiger charge is -2.09. The predicted octanol–water partition coefficient (Wildman–Crippen LogP) is 3.76. The highest BCUT2D eigenvalue weighted by atomic mass is 16.5. The Morgan fingerprint density at radius 2 is 1.80 bits per heavy atom. The van der Waals surface area contributed by atoms with Crippen molar-refractivity contribution in [2.24, 2.45) is 0 Å². The highest BCUT2D eigenvalue weighted by Gasteiger charge is 2.16. The molecule has 0 N–H and O–H groups in total. The number of nitrogens with zero attached hydrogens (tertiary/aromatic N) is 1. The summed E-state index contributed by atoms with van der Waals surface area (Å²) in [5.74, 6) is 0.155. The van der Waals surface area contributed by atoms with Crippen LogP contribution in [0, 0.1) is 6.92 Å². The first-order valence-corrected chi connectivity index (χ1v) is 6.37. The molecule has 2 aromatic carbocycles. The second-order valence-electron chi connectivity index (χ2n) is 4.54. The van der Waals surface area contributed by atoms with Gasteiger partial charge in [-0.1, -0.05) is 36.4 Å². The molecule has 0 radical (unpaired) electrons. The molecule has 0 aliphatic carbocycles. The van der Waals surface area contributed by atoms with Gasteiger partial charge in [-0.3, -0.25) is 4.98 Å². The Balaban J connectivity index is 2.05. The molecular weight excluding hydrogens is 250 g/mol. The molecule has 0 fully saturated rings.